The Labute approximate surface area is 92.2 Å². The van der Waals surface area contributed by atoms with E-state index in [0.29, 0.717) is 6.42 Å². The van der Waals surface area contributed by atoms with Crippen LogP contribution in [0.4, 0.5) is 0 Å². The lowest BCUT2D eigenvalue weighted by molar-refractivity contribution is -0.120. The van der Waals surface area contributed by atoms with E-state index in [9.17, 15) is 4.79 Å². The Balaban J connectivity index is 2.06. The van der Waals surface area contributed by atoms with Gasteiger partial charge in [-0.2, -0.15) is 0 Å². The van der Waals surface area contributed by atoms with E-state index in [2.05, 4.69) is 10.2 Å². The van der Waals surface area contributed by atoms with Crippen molar-refractivity contribution in [3.63, 3.8) is 0 Å². The van der Waals surface area contributed by atoms with Gasteiger partial charge in [0.25, 0.3) is 0 Å². The van der Waals surface area contributed by atoms with Gasteiger partial charge in [-0.25, -0.2) is 0 Å². The largest absolute Gasteiger partial charge is 0.359 e. The summed E-state index contributed by atoms with van der Waals surface area (Å²) in [4.78, 5) is 13.4. The molecule has 0 unspecified atom stereocenters. The summed E-state index contributed by atoms with van der Waals surface area (Å²) >= 11 is 0. The van der Waals surface area contributed by atoms with Gasteiger partial charge in [0.15, 0.2) is 0 Å². The number of piperidine rings is 1. The molecular formula is C11H23N3O. The van der Waals surface area contributed by atoms with Crippen LogP contribution in [0.1, 0.15) is 25.7 Å². The molecule has 0 aromatic carbocycles. The summed E-state index contributed by atoms with van der Waals surface area (Å²) in [5.74, 6) is 0.868. The van der Waals surface area contributed by atoms with Gasteiger partial charge in [-0.15, -0.1) is 0 Å². The number of likely N-dealkylation sites (tertiary alicyclic amines) is 1. The van der Waals surface area contributed by atoms with Crippen LogP contribution in [-0.2, 0) is 4.79 Å². The van der Waals surface area contributed by atoms with Crippen LogP contribution < -0.4 is 11.1 Å². The Kier molecular flexibility index (Phi) is 5.65. The van der Waals surface area contributed by atoms with Crippen LogP contribution in [0.3, 0.4) is 0 Å². The van der Waals surface area contributed by atoms with E-state index in [1.165, 1.54) is 12.8 Å². The molecule has 1 rings (SSSR count). The SMILES string of the molecule is CNC(=O)CCCN1CCC(CN)CC1. The summed E-state index contributed by atoms with van der Waals surface area (Å²) in [6.07, 6.45) is 4.05. The van der Waals surface area contributed by atoms with Gasteiger partial charge >= 0.3 is 0 Å². The Hall–Kier alpha value is -0.610. The first kappa shape index (κ1) is 12.5. The van der Waals surface area contributed by atoms with Gasteiger partial charge in [-0.3, -0.25) is 4.79 Å². The fraction of sp³-hybridized carbons (Fsp3) is 0.909. The lowest BCUT2D eigenvalue weighted by Crippen LogP contribution is -2.36. The minimum Gasteiger partial charge on any atom is -0.359 e. The van der Waals surface area contributed by atoms with Crippen molar-refractivity contribution in [2.24, 2.45) is 11.7 Å². The average Bonchev–Trinajstić information content (AvgIpc) is 2.29. The van der Waals surface area contributed by atoms with E-state index >= 15 is 0 Å². The van der Waals surface area contributed by atoms with Crippen molar-refractivity contribution < 1.29 is 4.79 Å². The van der Waals surface area contributed by atoms with Gasteiger partial charge in [-0.05, 0) is 51.4 Å². The third-order valence-corrected chi connectivity index (χ3v) is 3.20. The van der Waals surface area contributed by atoms with Crippen LogP contribution in [0.15, 0.2) is 0 Å². The number of nitrogens with two attached hydrogens (primary N) is 1. The average molecular weight is 213 g/mol. The number of nitrogens with zero attached hydrogens (tertiary/aromatic N) is 1. The second-order valence-electron chi connectivity index (χ2n) is 4.30. The van der Waals surface area contributed by atoms with Crippen LogP contribution in [0.5, 0.6) is 0 Å². The zero-order valence-electron chi connectivity index (χ0n) is 9.67. The fourth-order valence-electron chi connectivity index (χ4n) is 2.03. The molecule has 3 N–H and O–H groups in total. The van der Waals surface area contributed by atoms with E-state index in [1.54, 1.807) is 7.05 Å². The van der Waals surface area contributed by atoms with Gasteiger partial charge in [0.05, 0.1) is 0 Å². The number of hydrogen-bond donors (Lipinski definition) is 2. The van der Waals surface area contributed by atoms with Crippen LogP contribution in [0.25, 0.3) is 0 Å². The number of rotatable bonds is 5. The third-order valence-electron chi connectivity index (χ3n) is 3.20. The first-order chi connectivity index (χ1) is 7.26. The monoisotopic (exact) mass is 213 g/mol. The fourth-order valence-corrected chi connectivity index (χ4v) is 2.03. The highest BCUT2D eigenvalue weighted by Crippen LogP contribution is 2.15. The van der Waals surface area contributed by atoms with Crippen molar-refractivity contribution in [1.82, 2.24) is 10.2 Å². The molecule has 1 fully saturated rings. The lowest BCUT2D eigenvalue weighted by Gasteiger charge is -2.31. The lowest BCUT2D eigenvalue weighted by atomic mass is 9.97. The highest BCUT2D eigenvalue weighted by molar-refractivity contribution is 5.75. The molecule has 1 amide bonds. The van der Waals surface area contributed by atoms with Gasteiger partial charge < -0.3 is 16.0 Å². The number of amides is 1. The van der Waals surface area contributed by atoms with Gasteiger partial charge in [-0.1, -0.05) is 0 Å². The molecule has 0 radical (unpaired) electrons. The summed E-state index contributed by atoms with van der Waals surface area (Å²) < 4.78 is 0. The van der Waals surface area contributed by atoms with E-state index in [1.807, 2.05) is 0 Å². The Morgan fingerprint density at radius 2 is 2.13 bits per heavy atom. The molecule has 0 aromatic heterocycles. The van der Waals surface area contributed by atoms with E-state index in [0.717, 1.165) is 38.5 Å². The van der Waals surface area contributed by atoms with E-state index in [-0.39, 0.29) is 5.91 Å². The number of nitrogens with one attached hydrogen (secondary N) is 1. The highest BCUT2D eigenvalue weighted by Gasteiger charge is 2.17. The van der Waals surface area contributed by atoms with Crippen molar-refractivity contribution in [2.75, 3.05) is 33.2 Å². The van der Waals surface area contributed by atoms with Crippen LogP contribution in [0, 0.1) is 5.92 Å². The summed E-state index contributed by atoms with van der Waals surface area (Å²) in [5.41, 5.74) is 5.64. The number of carbonyl (C=O) groups is 1. The van der Waals surface area contributed by atoms with E-state index < -0.39 is 0 Å². The Morgan fingerprint density at radius 3 is 2.67 bits per heavy atom. The zero-order valence-corrected chi connectivity index (χ0v) is 9.67. The van der Waals surface area contributed by atoms with Crippen molar-refractivity contribution in [2.45, 2.75) is 25.7 Å². The molecule has 0 atom stereocenters. The maximum Gasteiger partial charge on any atom is 0.219 e. The van der Waals surface area contributed by atoms with Crippen LogP contribution in [0.2, 0.25) is 0 Å². The van der Waals surface area contributed by atoms with Gasteiger partial charge in [0.1, 0.15) is 0 Å². The van der Waals surface area contributed by atoms with Gasteiger partial charge in [0, 0.05) is 13.5 Å². The molecule has 4 heteroatoms. The second kappa shape index (κ2) is 6.80. The molecule has 4 nitrogen and oxygen atoms in total. The minimum atomic E-state index is 0.145. The summed E-state index contributed by atoms with van der Waals surface area (Å²) in [6, 6.07) is 0. The highest BCUT2D eigenvalue weighted by atomic mass is 16.1. The Bertz CT molecular complexity index is 188. The quantitative estimate of drug-likeness (QED) is 0.685. The molecule has 1 saturated heterocycles. The molecule has 1 aliphatic rings. The number of carbonyl (C=O) groups excluding carboxylic acids is 1. The van der Waals surface area contributed by atoms with Crippen molar-refractivity contribution in [3.05, 3.63) is 0 Å². The topological polar surface area (TPSA) is 58.4 Å². The molecule has 0 spiro atoms. The maximum absolute atomic E-state index is 11.0. The summed E-state index contributed by atoms with van der Waals surface area (Å²) in [7, 11) is 1.69. The smallest absolute Gasteiger partial charge is 0.219 e. The molecule has 0 saturated carbocycles. The predicted molar refractivity (Wildman–Crippen MR) is 61.5 cm³/mol. The molecule has 1 heterocycles. The normalized spacial score (nSPS) is 19.1. The molecule has 0 bridgehead atoms. The molecular weight excluding hydrogens is 190 g/mol. The first-order valence-corrected chi connectivity index (χ1v) is 5.89. The Morgan fingerprint density at radius 1 is 1.47 bits per heavy atom. The summed E-state index contributed by atoms with van der Waals surface area (Å²) in [6.45, 7) is 4.17. The first-order valence-electron chi connectivity index (χ1n) is 5.89. The third kappa shape index (κ3) is 4.62. The number of hydrogen-bond acceptors (Lipinski definition) is 3. The molecule has 1 aliphatic heterocycles. The molecule has 0 aromatic rings. The second-order valence-corrected chi connectivity index (χ2v) is 4.30. The van der Waals surface area contributed by atoms with Crippen LogP contribution in [-0.4, -0.2) is 44.0 Å². The van der Waals surface area contributed by atoms with Crippen molar-refractivity contribution in [1.29, 1.82) is 0 Å². The molecule has 0 aliphatic carbocycles. The van der Waals surface area contributed by atoms with Crippen molar-refractivity contribution >= 4 is 5.91 Å². The van der Waals surface area contributed by atoms with E-state index in [4.69, 9.17) is 5.73 Å². The minimum absolute atomic E-state index is 0.145. The van der Waals surface area contributed by atoms with Crippen LogP contribution >= 0.6 is 0 Å². The zero-order chi connectivity index (χ0) is 11.1. The predicted octanol–water partition coefficient (Wildman–Crippen LogP) is 0.183. The summed E-state index contributed by atoms with van der Waals surface area (Å²) in [5, 5.41) is 2.64. The molecule has 15 heavy (non-hydrogen) atoms. The van der Waals surface area contributed by atoms with Crippen molar-refractivity contribution in [3.8, 4) is 0 Å². The maximum atomic E-state index is 11.0. The molecule has 88 valence electrons. The standard InChI is InChI=1S/C11H23N3O/c1-13-11(15)3-2-6-14-7-4-10(9-12)5-8-14/h10H,2-9,12H2,1H3,(H,13,15). The van der Waals surface area contributed by atoms with Gasteiger partial charge in [0.2, 0.25) is 5.91 Å².